The molecule has 1 atom stereocenters. The van der Waals surface area contributed by atoms with Gasteiger partial charge in [0, 0.05) is 12.8 Å². The maximum atomic E-state index is 5.77. The highest BCUT2D eigenvalue weighted by Crippen LogP contribution is 2.28. The summed E-state index contributed by atoms with van der Waals surface area (Å²) in [6, 6.07) is 8.15. The molecule has 2 rings (SSSR count). The molecule has 2 N–H and O–H groups in total. The van der Waals surface area contributed by atoms with Gasteiger partial charge in [-0.3, -0.25) is 4.99 Å². The number of para-hydroxylation sites is 1. The van der Waals surface area contributed by atoms with Gasteiger partial charge < -0.3 is 10.5 Å². The number of amidine groups is 1. The Bertz CT molecular complexity index is 362. The van der Waals surface area contributed by atoms with Crippen molar-refractivity contribution in [2.75, 3.05) is 6.54 Å². The van der Waals surface area contributed by atoms with E-state index in [-0.39, 0.29) is 6.10 Å². The Morgan fingerprint density at radius 2 is 2.31 bits per heavy atom. The number of nitrogens with zero attached hydrogens (tertiary/aromatic N) is 1. The van der Waals surface area contributed by atoms with Crippen LogP contribution in [0.15, 0.2) is 29.3 Å². The predicted molar refractivity (Wildman–Crippen MR) is 66.0 cm³/mol. The molecule has 0 radical (unpaired) electrons. The van der Waals surface area contributed by atoms with E-state index in [1.807, 2.05) is 18.2 Å². The lowest BCUT2D eigenvalue weighted by molar-refractivity contribution is 0.242. The largest absolute Gasteiger partial charge is 0.488 e. The summed E-state index contributed by atoms with van der Waals surface area (Å²) < 4.78 is 5.77. The molecule has 0 amide bonds. The molecule has 0 aromatic heterocycles. The zero-order chi connectivity index (χ0) is 11.4. The molecule has 3 heteroatoms. The lowest BCUT2D eigenvalue weighted by Gasteiger charge is -2.07. The first kappa shape index (κ1) is 11.0. The Morgan fingerprint density at radius 3 is 3.06 bits per heavy atom. The van der Waals surface area contributed by atoms with Crippen LogP contribution < -0.4 is 10.5 Å². The third-order valence-electron chi connectivity index (χ3n) is 2.72. The highest BCUT2D eigenvalue weighted by molar-refractivity contribution is 5.80. The third kappa shape index (κ3) is 2.54. The molecule has 0 saturated heterocycles. The second-order valence-electron chi connectivity index (χ2n) is 4.13. The number of fused-ring (bicyclic) bond motifs is 1. The van der Waals surface area contributed by atoms with Crippen LogP contribution in [0.25, 0.3) is 0 Å². The quantitative estimate of drug-likeness (QED) is 0.621. The van der Waals surface area contributed by atoms with Gasteiger partial charge >= 0.3 is 0 Å². The van der Waals surface area contributed by atoms with Gasteiger partial charge in [-0.2, -0.15) is 0 Å². The van der Waals surface area contributed by atoms with Gasteiger partial charge in [0.25, 0.3) is 0 Å². The van der Waals surface area contributed by atoms with Gasteiger partial charge in [-0.05, 0) is 18.1 Å². The fourth-order valence-corrected chi connectivity index (χ4v) is 1.91. The summed E-state index contributed by atoms with van der Waals surface area (Å²) in [6.45, 7) is 2.77. The van der Waals surface area contributed by atoms with Crippen LogP contribution in [0, 0.1) is 0 Å². The minimum atomic E-state index is 0.160. The number of benzene rings is 1. The van der Waals surface area contributed by atoms with E-state index >= 15 is 0 Å². The molecule has 0 spiro atoms. The van der Waals surface area contributed by atoms with E-state index in [1.165, 1.54) is 5.56 Å². The van der Waals surface area contributed by atoms with Gasteiger partial charge in [0.05, 0.1) is 12.4 Å². The highest BCUT2D eigenvalue weighted by atomic mass is 16.5. The van der Waals surface area contributed by atoms with Crippen LogP contribution in [0.4, 0.5) is 0 Å². The Balaban J connectivity index is 1.90. The second-order valence-corrected chi connectivity index (χ2v) is 4.13. The summed E-state index contributed by atoms with van der Waals surface area (Å²) in [4.78, 5) is 4.35. The summed E-state index contributed by atoms with van der Waals surface area (Å²) >= 11 is 0. The minimum Gasteiger partial charge on any atom is -0.488 e. The average Bonchev–Trinajstić information content (AvgIpc) is 2.69. The van der Waals surface area contributed by atoms with Crippen molar-refractivity contribution in [1.82, 2.24) is 0 Å². The normalized spacial score (nSPS) is 19.3. The van der Waals surface area contributed by atoms with Crippen LogP contribution in [0.3, 0.4) is 0 Å². The van der Waals surface area contributed by atoms with E-state index in [1.54, 1.807) is 0 Å². The first-order valence-corrected chi connectivity index (χ1v) is 5.83. The van der Waals surface area contributed by atoms with Crippen molar-refractivity contribution in [3.05, 3.63) is 29.8 Å². The Labute approximate surface area is 96.3 Å². The van der Waals surface area contributed by atoms with Crippen molar-refractivity contribution >= 4 is 5.84 Å². The number of ether oxygens (including phenoxy) is 1. The number of hydrogen-bond donors (Lipinski definition) is 1. The molecule has 0 saturated carbocycles. The van der Waals surface area contributed by atoms with E-state index in [4.69, 9.17) is 10.5 Å². The van der Waals surface area contributed by atoms with Crippen molar-refractivity contribution in [3.63, 3.8) is 0 Å². The van der Waals surface area contributed by atoms with E-state index in [0.29, 0.717) is 6.54 Å². The number of hydrogen-bond acceptors (Lipinski definition) is 2. The summed E-state index contributed by atoms with van der Waals surface area (Å²) in [7, 11) is 0. The molecule has 1 unspecified atom stereocenters. The molecular weight excluding hydrogens is 200 g/mol. The van der Waals surface area contributed by atoms with Gasteiger partial charge in [0.1, 0.15) is 11.9 Å². The van der Waals surface area contributed by atoms with Crippen LogP contribution >= 0.6 is 0 Å². The monoisotopic (exact) mass is 218 g/mol. The van der Waals surface area contributed by atoms with E-state index in [0.717, 1.165) is 30.8 Å². The zero-order valence-corrected chi connectivity index (χ0v) is 9.65. The van der Waals surface area contributed by atoms with Crippen molar-refractivity contribution < 1.29 is 4.74 Å². The van der Waals surface area contributed by atoms with Gasteiger partial charge in [0.2, 0.25) is 0 Å². The Kier molecular flexibility index (Phi) is 3.44. The molecule has 1 aromatic carbocycles. The lowest BCUT2D eigenvalue weighted by Crippen LogP contribution is -2.20. The molecular formula is C13H18N2O. The second kappa shape index (κ2) is 5.01. The SMILES string of the molecule is CCCC(N)=NCC1Cc2ccccc2O1. The van der Waals surface area contributed by atoms with Gasteiger partial charge in [-0.1, -0.05) is 25.1 Å². The first-order chi connectivity index (χ1) is 7.79. The summed E-state index contributed by atoms with van der Waals surface area (Å²) in [6.07, 6.45) is 3.02. The van der Waals surface area contributed by atoms with E-state index < -0.39 is 0 Å². The summed E-state index contributed by atoms with van der Waals surface area (Å²) in [5.74, 6) is 1.74. The van der Waals surface area contributed by atoms with Crippen LogP contribution in [0.2, 0.25) is 0 Å². The van der Waals surface area contributed by atoms with Crippen molar-refractivity contribution in [2.45, 2.75) is 32.3 Å². The molecule has 1 heterocycles. The first-order valence-electron chi connectivity index (χ1n) is 5.83. The minimum absolute atomic E-state index is 0.160. The molecule has 1 aromatic rings. The molecule has 1 aliphatic heterocycles. The molecule has 16 heavy (non-hydrogen) atoms. The van der Waals surface area contributed by atoms with Crippen LogP contribution in [-0.4, -0.2) is 18.5 Å². The fourth-order valence-electron chi connectivity index (χ4n) is 1.91. The molecule has 3 nitrogen and oxygen atoms in total. The van der Waals surface area contributed by atoms with E-state index in [9.17, 15) is 0 Å². The van der Waals surface area contributed by atoms with Crippen molar-refractivity contribution in [3.8, 4) is 5.75 Å². The van der Waals surface area contributed by atoms with Gasteiger partial charge in [-0.25, -0.2) is 0 Å². The van der Waals surface area contributed by atoms with Crippen molar-refractivity contribution in [1.29, 1.82) is 0 Å². The summed E-state index contributed by atoms with van der Waals surface area (Å²) in [5.41, 5.74) is 7.04. The number of aliphatic imine (C=N–C) groups is 1. The topological polar surface area (TPSA) is 47.6 Å². The Morgan fingerprint density at radius 1 is 1.50 bits per heavy atom. The Hall–Kier alpha value is -1.51. The van der Waals surface area contributed by atoms with Crippen LogP contribution in [-0.2, 0) is 6.42 Å². The number of rotatable bonds is 4. The zero-order valence-electron chi connectivity index (χ0n) is 9.65. The predicted octanol–water partition coefficient (Wildman–Crippen LogP) is 2.15. The van der Waals surface area contributed by atoms with E-state index in [2.05, 4.69) is 18.0 Å². The fraction of sp³-hybridized carbons (Fsp3) is 0.462. The number of nitrogens with two attached hydrogens (primary N) is 1. The van der Waals surface area contributed by atoms with Crippen LogP contribution in [0.5, 0.6) is 5.75 Å². The smallest absolute Gasteiger partial charge is 0.123 e. The average molecular weight is 218 g/mol. The molecule has 86 valence electrons. The van der Waals surface area contributed by atoms with Crippen LogP contribution in [0.1, 0.15) is 25.3 Å². The standard InChI is InChI=1S/C13H18N2O/c1-2-5-13(14)15-9-11-8-10-6-3-4-7-12(10)16-11/h3-4,6-7,11H,2,5,8-9H2,1H3,(H2,14,15). The molecule has 0 aliphatic carbocycles. The maximum absolute atomic E-state index is 5.77. The molecule has 0 fully saturated rings. The van der Waals surface area contributed by atoms with Gasteiger partial charge in [-0.15, -0.1) is 0 Å². The van der Waals surface area contributed by atoms with Gasteiger partial charge in [0.15, 0.2) is 0 Å². The van der Waals surface area contributed by atoms with Crippen molar-refractivity contribution in [2.24, 2.45) is 10.7 Å². The summed E-state index contributed by atoms with van der Waals surface area (Å²) in [5, 5.41) is 0. The maximum Gasteiger partial charge on any atom is 0.123 e. The third-order valence-corrected chi connectivity index (χ3v) is 2.72. The molecule has 0 bridgehead atoms. The lowest BCUT2D eigenvalue weighted by atomic mass is 10.1. The highest BCUT2D eigenvalue weighted by Gasteiger charge is 2.21. The molecule has 1 aliphatic rings.